The first kappa shape index (κ1) is 13.0. The smallest absolute Gasteiger partial charge is 0.244 e. The lowest BCUT2D eigenvalue weighted by atomic mass is 10.3. The topological polar surface area (TPSA) is 96.5 Å². The molecule has 16 heavy (non-hydrogen) atoms. The van der Waals surface area contributed by atoms with Crippen LogP contribution >= 0.6 is 0 Å². The highest BCUT2D eigenvalue weighted by atomic mass is 32.2. The van der Waals surface area contributed by atoms with Crippen LogP contribution < -0.4 is 5.73 Å². The molecule has 1 rings (SSSR count). The van der Waals surface area contributed by atoms with Gasteiger partial charge in [0.05, 0.1) is 12.3 Å². The largest absolute Gasteiger partial charge is 0.395 e. The molecular formula is C9H15N3O3S. The minimum atomic E-state index is -3.61. The molecule has 1 heterocycles. The number of likely N-dealkylation sites (N-methyl/N-ethyl adjacent to an activating group) is 1. The van der Waals surface area contributed by atoms with Gasteiger partial charge in [0.1, 0.15) is 4.90 Å². The average Bonchev–Trinajstić information content (AvgIpc) is 2.29. The van der Waals surface area contributed by atoms with E-state index in [9.17, 15) is 8.42 Å². The highest BCUT2D eigenvalue weighted by molar-refractivity contribution is 7.89. The molecule has 90 valence electrons. The molecule has 0 fully saturated rings. The zero-order valence-electron chi connectivity index (χ0n) is 9.00. The second-order valence-electron chi connectivity index (χ2n) is 3.20. The predicted octanol–water partition coefficient (Wildman–Crippen LogP) is -0.847. The van der Waals surface area contributed by atoms with Crippen molar-refractivity contribution in [1.82, 2.24) is 9.29 Å². The van der Waals surface area contributed by atoms with Crippen LogP contribution in [0.4, 0.5) is 0 Å². The molecule has 0 atom stereocenters. The number of hydrogen-bond acceptors (Lipinski definition) is 5. The molecule has 0 aliphatic rings. The van der Waals surface area contributed by atoms with Gasteiger partial charge in [0.15, 0.2) is 0 Å². The van der Waals surface area contributed by atoms with Gasteiger partial charge in [-0.25, -0.2) is 8.42 Å². The molecule has 1 aromatic heterocycles. The van der Waals surface area contributed by atoms with E-state index in [1.165, 1.54) is 19.3 Å². The van der Waals surface area contributed by atoms with E-state index >= 15 is 0 Å². The Hall–Kier alpha value is -1.02. The second-order valence-corrected chi connectivity index (χ2v) is 5.22. The van der Waals surface area contributed by atoms with Crippen LogP contribution in [0.5, 0.6) is 0 Å². The monoisotopic (exact) mass is 245 g/mol. The summed E-state index contributed by atoms with van der Waals surface area (Å²) in [4.78, 5) is 4.00. The zero-order valence-corrected chi connectivity index (χ0v) is 9.81. The van der Waals surface area contributed by atoms with E-state index in [1.807, 2.05) is 0 Å². The molecule has 7 heteroatoms. The summed E-state index contributed by atoms with van der Waals surface area (Å²) in [6.45, 7) is -0.127. The van der Waals surface area contributed by atoms with E-state index in [-0.39, 0.29) is 24.6 Å². The van der Waals surface area contributed by atoms with Crippen LogP contribution in [-0.4, -0.2) is 43.0 Å². The van der Waals surface area contributed by atoms with Crippen molar-refractivity contribution in [3.63, 3.8) is 0 Å². The fraction of sp³-hybridized carbons (Fsp3) is 0.444. The Morgan fingerprint density at radius 3 is 2.81 bits per heavy atom. The van der Waals surface area contributed by atoms with E-state index in [4.69, 9.17) is 10.8 Å². The molecular weight excluding hydrogens is 230 g/mol. The molecule has 0 radical (unpaired) electrons. The lowest BCUT2D eigenvalue weighted by Crippen LogP contribution is -2.30. The third-order valence-electron chi connectivity index (χ3n) is 2.14. The number of nitrogens with two attached hydrogens (primary N) is 1. The number of rotatable bonds is 5. The summed E-state index contributed by atoms with van der Waals surface area (Å²) in [6.07, 6.45) is 1.49. The average molecular weight is 245 g/mol. The van der Waals surface area contributed by atoms with Gasteiger partial charge in [0, 0.05) is 26.3 Å². The van der Waals surface area contributed by atoms with Crippen molar-refractivity contribution in [1.29, 1.82) is 0 Å². The Kier molecular flexibility index (Phi) is 4.36. The molecule has 0 aliphatic carbocycles. The van der Waals surface area contributed by atoms with Gasteiger partial charge in [0.2, 0.25) is 10.0 Å². The fourth-order valence-corrected chi connectivity index (χ4v) is 2.58. The fourth-order valence-electron chi connectivity index (χ4n) is 1.24. The first-order chi connectivity index (χ1) is 7.54. The van der Waals surface area contributed by atoms with Crippen LogP contribution in [-0.2, 0) is 16.6 Å². The van der Waals surface area contributed by atoms with Crippen LogP contribution in [0, 0.1) is 0 Å². The Morgan fingerprint density at radius 1 is 1.56 bits per heavy atom. The maximum absolute atomic E-state index is 12.0. The van der Waals surface area contributed by atoms with Gasteiger partial charge < -0.3 is 10.8 Å². The Labute approximate surface area is 94.8 Å². The number of hydrogen-bond donors (Lipinski definition) is 2. The van der Waals surface area contributed by atoms with E-state index in [2.05, 4.69) is 4.98 Å². The van der Waals surface area contributed by atoms with E-state index < -0.39 is 10.0 Å². The number of aromatic nitrogens is 1. The van der Waals surface area contributed by atoms with Crippen LogP contribution in [0.3, 0.4) is 0 Å². The van der Waals surface area contributed by atoms with Crippen molar-refractivity contribution in [2.45, 2.75) is 11.4 Å². The van der Waals surface area contributed by atoms with E-state index in [1.54, 1.807) is 6.07 Å². The summed E-state index contributed by atoms with van der Waals surface area (Å²) < 4.78 is 25.1. The van der Waals surface area contributed by atoms with Crippen LogP contribution in [0.2, 0.25) is 0 Å². The predicted molar refractivity (Wildman–Crippen MR) is 59.0 cm³/mol. The van der Waals surface area contributed by atoms with Crippen molar-refractivity contribution < 1.29 is 13.5 Å². The number of aliphatic hydroxyl groups excluding tert-OH is 1. The minimum Gasteiger partial charge on any atom is -0.395 e. The second kappa shape index (κ2) is 5.35. The third kappa shape index (κ3) is 2.56. The van der Waals surface area contributed by atoms with Crippen molar-refractivity contribution in [2.75, 3.05) is 20.2 Å². The molecule has 3 N–H and O–H groups in total. The van der Waals surface area contributed by atoms with Crippen molar-refractivity contribution in [3.05, 3.63) is 24.0 Å². The lowest BCUT2D eigenvalue weighted by molar-refractivity contribution is 0.266. The van der Waals surface area contributed by atoms with Gasteiger partial charge in [-0.2, -0.15) is 4.31 Å². The van der Waals surface area contributed by atoms with Gasteiger partial charge in [-0.05, 0) is 12.1 Å². The summed E-state index contributed by atoms with van der Waals surface area (Å²) in [5, 5.41) is 8.73. The van der Waals surface area contributed by atoms with Gasteiger partial charge in [-0.15, -0.1) is 0 Å². The Bertz CT molecular complexity index is 447. The molecule has 0 aliphatic heterocycles. The molecule has 0 aromatic carbocycles. The molecule has 0 unspecified atom stereocenters. The first-order valence-electron chi connectivity index (χ1n) is 4.75. The van der Waals surface area contributed by atoms with E-state index in [0.717, 1.165) is 4.31 Å². The number of nitrogens with zero attached hydrogens (tertiary/aromatic N) is 2. The van der Waals surface area contributed by atoms with E-state index in [0.29, 0.717) is 5.69 Å². The molecule has 0 saturated carbocycles. The standard InChI is InChI=1S/C9H15N3O3S/c1-12(5-6-13)16(14,15)9-3-2-4-11-8(9)7-10/h2-4,13H,5-7,10H2,1H3. The summed E-state index contributed by atoms with van der Waals surface area (Å²) in [6, 6.07) is 3.00. The van der Waals surface area contributed by atoms with Crippen LogP contribution in [0.25, 0.3) is 0 Å². The first-order valence-corrected chi connectivity index (χ1v) is 6.19. The highest BCUT2D eigenvalue weighted by Crippen LogP contribution is 2.16. The summed E-state index contributed by atoms with van der Waals surface area (Å²) in [7, 11) is -2.21. The number of pyridine rings is 1. The van der Waals surface area contributed by atoms with Gasteiger partial charge in [0.25, 0.3) is 0 Å². The SMILES string of the molecule is CN(CCO)S(=O)(=O)c1cccnc1CN. The van der Waals surface area contributed by atoms with Gasteiger partial charge >= 0.3 is 0 Å². The third-order valence-corrected chi connectivity index (χ3v) is 4.08. The van der Waals surface area contributed by atoms with Gasteiger partial charge in [-0.3, -0.25) is 4.98 Å². The molecule has 0 amide bonds. The van der Waals surface area contributed by atoms with Crippen molar-refractivity contribution >= 4 is 10.0 Å². The number of aliphatic hydroxyl groups is 1. The quantitative estimate of drug-likeness (QED) is 0.704. The van der Waals surface area contributed by atoms with Crippen LogP contribution in [0.15, 0.2) is 23.2 Å². The lowest BCUT2D eigenvalue weighted by Gasteiger charge is -2.17. The summed E-state index contributed by atoms with van der Waals surface area (Å²) in [5.41, 5.74) is 5.75. The number of sulfonamides is 1. The van der Waals surface area contributed by atoms with Crippen molar-refractivity contribution in [2.24, 2.45) is 5.73 Å². The molecule has 0 saturated heterocycles. The minimum absolute atomic E-state index is 0.0429. The maximum atomic E-state index is 12.0. The summed E-state index contributed by atoms with van der Waals surface area (Å²) >= 11 is 0. The van der Waals surface area contributed by atoms with Crippen LogP contribution in [0.1, 0.15) is 5.69 Å². The zero-order chi connectivity index (χ0) is 12.2. The highest BCUT2D eigenvalue weighted by Gasteiger charge is 2.23. The molecule has 0 bridgehead atoms. The molecule has 6 nitrogen and oxygen atoms in total. The Morgan fingerprint density at radius 2 is 2.25 bits per heavy atom. The molecule has 1 aromatic rings. The molecule has 0 spiro atoms. The Balaban J connectivity index is 3.16. The maximum Gasteiger partial charge on any atom is 0.244 e. The van der Waals surface area contributed by atoms with Gasteiger partial charge in [-0.1, -0.05) is 0 Å². The normalized spacial score (nSPS) is 12.0. The summed E-state index contributed by atoms with van der Waals surface area (Å²) in [5.74, 6) is 0. The van der Waals surface area contributed by atoms with Crippen molar-refractivity contribution in [3.8, 4) is 0 Å².